The fourth-order valence-electron chi connectivity index (χ4n) is 5.01. The van der Waals surface area contributed by atoms with Crippen molar-refractivity contribution in [2.24, 2.45) is 0 Å². The number of pyridine rings is 1. The first-order valence-electron chi connectivity index (χ1n) is 11.8. The van der Waals surface area contributed by atoms with Crippen molar-refractivity contribution >= 4 is 34.1 Å². The van der Waals surface area contributed by atoms with Gasteiger partial charge in [-0.15, -0.1) is 11.3 Å². The Kier molecular flexibility index (Phi) is 5.25. The third kappa shape index (κ3) is 3.83. The molecule has 5 aromatic rings. The molecule has 4 aromatic heterocycles. The molecule has 0 aliphatic heterocycles. The molecule has 35 heavy (non-hydrogen) atoms. The van der Waals surface area contributed by atoms with Crippen LogP contribution in [0.5, 0.6) is 0 Å². The van der Waals surface area contributed by atoms with E-state index in [-0.39, 0.29) is 0 Å². The highest BCUT2D eigenvalue weighted by Crippen LogP contribution is 2.39. The molecule has 1 N–H and O–H groups in total. The van der Waals surface area contributed by atoms with Crippen LogP contribution in [0.1, 0.15) is 56.3 Å². The molecule has 0 amide bonds. The quantitative estimate of drug-likeness (QED) is 0.385. The van der Waals surface area contributed by atoms with Crippen molar-refractivity contribution in [1.29, 1.82) is 0 Å². The molecule has 1 aromatic carbocycles. The Bertz CT molecular complexity index is 1670. The van der Waals surface area contributed by atoms with Crippen LogP contribution < -0.4 is 5.76 Å². The van der Waals surface area contributed by atoms with E-state index in [1.165, 1.54) is 20.9 Å². The maximum Gasteiger partial charge on any atom is 0.439 e. The molecule has 7 nitrogen and oxygen atoms in total. The summed E-state index contributed by atoms with van der Waals surface area (Å²) >= 11 is 1.84. The van der Waals surface area contributed by atoms with Gasteiger partial charge in [0.25, 0.3) is 0 Å². The zero-order valence-corrected chi connectivity index (χ0v) is 20.7. The van der Waals surface area contributed by atoms with E-state index in [1.54, 1.807) is 0 Å². The van der Waals surface area contributed by atoms with Crippen LogP contribution in [0.15, 0.2) is 45.7 Å². The number of hydrogen-bond acceptors (Lipinski definition) is 6. The summed E-state index contributed by atoms with van der Waals surface area (Å²) in [5, 5.41) is 3.89. The summed E-state index contributed by atoms with van der Waals surface area (Å²) in [4.78, 5) is 26.6. The maximum atomic E-state index is 11.6. The van der Waals surface area contributed by atoms with Gasteiger partial charge >= 0.3 is 5.76 Å². The van der Waals surface area contributed by atoms with Gasteiger partial charge < -0.3 is 4.57 Å². The van der Waals surface area contributed by atoms with Gasteiger partial charge in [0.1, 0.15) is 11.3 Å². The lowest BCUT2D eigenvalue weighted by Gasteiger charge is -2.09. The summed E-state index contributed by atoms with van der Waals surface area (Å²) in [6, 6.07) is 12.8. The average Bonchev–Trinajstić information content (AvgIpc) is 3.51. The van der Waals surface area contributed by atoms with Crippen LogP contribution in [-0.2, 0) is 25.8 Å². The Balaban J connectivity index is 1.48. The zero-order valence-electron chi connectivity index (χ0n) is 19.9. The van der Waals surface area contributed by atoms with Gasteiger partial charge in [-0.05, 0) is 72.7 Å². The largest absolute Gasteiger partial charge is 0.439 e. The minimum absolute atomic E-state index is 0.421. The lowest BCUT2D eigenvalue weighted by atomic mass is 9.95. The summed E-state index contributed by atoms with van der Waals surface area (Å²) in [5.74, 6) is 0.915. The summed E-state index contributed by atoms with van der Waals surface area (Å²) in [6.45, 7) is 7.00. The number of aromatic nitrogens is 5. The molecule has 4 heterocycles. The molecule has 1 aliphatic rings. The number of thiophene rings is 1. The first-order chi connectivity index (χ1) is 17.0. The normalized spacial score (nSPS) is 14.3. The predicted octanol–water partition coefficient (Wildman–Crippen LogP) is 5.08. The van der Waals surface area contributed by atoms with E-state index >= 15 is 0 Å². The number of aromatic amines is 1. The first-order valence-corrected chi connectivity index (χ1v) is 12.6. The Labute approximate surface area is 206 Å². The van der Waals surface area contributed by atoms with Gasteiger partial charge in [-0.25, -0.2) is 14.8 Å². The second kappa shape index (κ2) is 8.46. The van der Waals surface area contributed by atoms with E-state index in [0.29, 0.717) is 5.82 Å². The van der Waals surface area contributed by atoms with Gasteiger partial charge in [-0.1, -0.05) is 36.3 Å². The number of imidazole rings is 1. The molecule has 8 heteroatoms. The number of nitrogens with zero attached hydrogens (tertiary/aromatic N) is 4. The monoisotopic (exact) mass is 483 g/mol. The number of aryl methyl sites for hydroxylation is 5. The molecule has 0 atom stereocenters. The van der Waals surface area contributed by atoms with Crippen molar-refractivity contribution in [3.05, 3.63) is 96.3 Å². The van der Waals surface area contributed by atoms with E-state index in [9.17, 15) is 4.79 Å². The maximum absolute atomic E-state index is 11.6. The molecule has 0 saturated heterocycles. The number of hydrogen-bond donors (Lipinski definition) is 1. The topological polar surface area (TPSA) is 89.6 Å². The standard InChI is InChI=1S/C27H25N5O2S/c1-4-24-30-25-15(2)11-16(3)28-26(25)32(24)14-18-12-21-20(13-23-29-27(33)34-31-23)19-8-6-5-7-17(19)9-10-22(21)35-18/h5-8,11-13H,4,9-10,14H2,1-3H3,(H,29,31,33). The zero-order chi connectivity index (χ0) is 24.1. The smallest absolute Gasteiger partial charge is 0.307 e. The SMILES string of the molecule is CCc1nc2c(C)cc(C)nc2n1Cc1cc2c(s1)CCc1ccccc1C2=Cc1noc(=O)[nH]1. The molecular formula is C27H25N5O2S. The van der Waals surface area contributed by atoms with Gasteiger partial charge in [-0.2, -0.15) is 0 Å². The van der Waals surface area contributed by atoms with E-state index in [0.717, 1.165) is 65.2 Å². The average molecular weight is 484 g/mol. The molecule has 0 spiro atoms. The van der Waals surface area contributed by atoms with E-state index in [2.05, 4.69) is 65.0 Å². The molecule has 0 radical (unpaired) electrons. The van der Waals surface area contributed by atoms with E-state index in [1.807, 2.05) is 24.3 Å². The predicted molar refractivity (Wildman–Crippen MR) is 138 cm³/mol. The molecule has 176 valence electrons. The van der Waals surface area contributed by atoms with Crippen molar-refractivity contribution < 1.29 is 4.52 Å². The lowest BCUT2D eigenvalue weighted by Crippen LogP contribution is -2.04. The highest BCUT2D eigenvalue weighted by Gasteiger charge is 2.22. The van der Waals surface area contributed by atoms with Crippen molar-refractivity contribution in [2.45, 2.75) is 46.6 Å². The Hall–Kier alpha value is -3.78. The Morgan fingerprint density at radius 1 is 1.14 bits per heavy atom. The fourth-order valence-corrected chi connectivity index (χ4v) is 6.18. The summed E-state index contributed by atoms with van der Waals surface area (Å²) in [7, 11) is 0. The number of nitrogens with one attached hydrogen (secondary N) is 1. The van der Waals surface area contributed by atoms with Crippen LogP contribution in [0, 0.1) is 13.8 Å². The number of fused-ring (bicyclic) bond motifs is 3. The number of H-pyrrole nitrogens is 1. The third-order valence-corrected chi connectivity index (χ3v) is 7.73. The van der Waals surface area contributed by atoms with Crippen LogP contribution in [-0.4, -0.2) is 24.7 Å². The van der Waals surface area contributed by atoms with Crippen LogP contribution in [0.25, 0.3) is 22.8 Å². The van der Waals surface area contributed by atoms with Crippen molar-refractivity contribution in [2.75, 3.05) is 0 Å². The van der Waals surface area contributed by atoms with Crippen LogP contribution in [0.2, 0.25) is 0 Å². The summed E-state index contributed by atoms with van der Waals surface area (Å²) in [6.07, 6.45) is 4.69. The van der Waals surface area contributed by atoms with E-state index in [4.69, 9.17) is 14.5 Å². The van der Waals surface area contributed by atoms with Gasteiger partial charge in [0.05, 0.1) is 6.54 Å². The first kappa shape index (κ1) is 21.7. The second-order valence-electron chi connectivity index (χ2n) is 8.97. The van der Waals surface area contributed by atoms with Gasteiger partial charge in [0.2, 0.25) is 0 Å². The second-order valence-corrected chi connectivity index (χ2v) is 10.2. The summed E-state index contributed by atoms with van der Waals surface area (Å²) in [5.41, 5.74) is 8.78. The van der Waals surface area contributed by atoms with Crippen LogP contribution >= 0.6 is 11.3 Å². The molecule has 0 fully saturated rings. The minimum atomic E-state index is -0.554. The molecule has 0 saturated carbocycles. The molecule has 0 unspecified atom stereocenters. The summed E-state index contributed by atoms with van der Waals surface area (Å²) < 4.78 is 7.01. The fraction of sp³-hybridized carbons (Fsp3) is 0.259. The number of benzene rings is 1. The van der Waals surface area contributed by atoms with Crippen LogP contribution in [0.4, 0.5) is 0 Å². The molecule has 1 aliphatic carbocycles. The Morgan fingerprint density at radius 2 is 2.00 bits per heavy atom. The minimum Gasteiger partial charge on any atom is -0.307 e. The number of rotatable bonds is 4. The highest BCUT2D eigenvalue weighted by atomic mass is 32.1. The van der Waals surface area contributed by atoms with Gasteiger partial charge in [-0.3, -0.25) is 9.51 Å². The van der Waals surface area contributed by atoms with Crippen LogP contribution in [0.3, 0.4) is 0 Å². The van der Waals surface area contributed by atoms with Crippen molar-refractivity contribution in [3.8, 4) is 0 Å². The van der Waals surface area contributed by atoms with Crippen molar-refractivity contribution in [3.63, 3.8) is 0 Å². The Morgan fingerprint density at radius 3 is 2.80 bits per heavy atom. The van der Waals surface area contributed by atoms with Gasteiger partial charge in [0.15, 0.2) is 11.5 Å². The van der Waals surface area contributed by atoms with Crippen molar-refractivity contribution in [1.82, 2.24) is 24.7 Å². The molecule has 0 bridgehead atoms. The lowest BCUT2D eigenvalue weighted by molar-refractivity contribution is 0.385. The molecular weight excluding hydrogens is 458 g/mol. The highest BCUT2D eigenvalue weighted by molar-refractivity contribution is 7.12. The molecule has 6 rings (SSSR count). The van der Waals surface area contributed by atoms with Gasteiger partial charge in [0, 0.05) is 21.9 Å². The third-order valence-electron chi connectivity index (χ3n) is 6.55. The van der Waals surface area contributed by atoms with E-state index < -0.39 is 5.76 Å².